The Morgan fingerprint density at radius 3 is 2.89 bits per heavy atom. The van der Waals surface area contributed by atoms with Gasteiger partial charge in [0.25, 0.3) is 5.91 Å². The van der Waals surface area contributed by atoms with Gasteiger partial charge in [-0.25, -0.2) is 4.68 Å². The van der Waals surface area contributed by atoms with E-state index in [9.17, 15) is 4.79 Å². The molecule has 1 aromatic heterocycles. The molecule has 1 amide bonds. The Morgan fingerprint density at radius 2 is 2.04 bits per heavy atom. The maximum Gasteiger partial charge on any atom is 0.255 e. The van der Waals surface area contributed by atoms with Crippen LogP contribution in [0.5, 0.6) is 11.5 Å². The van der Waals surface area contributed by atoms with Crippen LogP contribution in [0.25, 0.3) is 11.4 Å². The van der Waals surface area contributed by atoms with Crippen molar-refractivity contribution in [1.82, 2.24) is 20.2 Å². The summed E-state index contributed by atoms with van der Waals surface area (Å²) >= 11 is 6.23. The van der Waals surface area contributed by atoms with Crippen molar-refractivity contribution in [1.29, 1.82) is 0 Å². The summed E-state index contributed by atoms with van der Waals surface area (Å²) in [7, 11) is 0. The van der Waals surface area contributed by atoms with E-state index in [1.807, 2.05) is 28.9 Å². The average Bonchev–Trinajstić information content (AvgIpc) is 3.44. The van der Waals surface area contributed by atoms with Crippen LogP contribution in [0.15, 0.2) is 36.4 Å². The number of fused-ring (bicyclic) bond motifs is 1. The van der Waals surface area contributed by atoms with Crippen LogP contribution in [-0.4, -0.2) is 39.3 Å². The van der Waals surface area contributed by atoms with Crippen molar-refractivity contribution in [2.75, 3.05) is 18.5 Å². The lowest BCUT2D eigenvalue weighted by Gasteiger charge is -2.20. The first-order valence-electron chi connectivity index (χ1n) is 8.98. The molecular weight excluding hydrogens is 382 g/mol. The van der Waals surface area contributed by atoms with Gasteiger partial charge in [0.1, 0.15) is 13.2 Å². The van der Waals surface area contributed by atoms with Gasteiger partial charge in [-0.1, -0.05) is 23.7 Å². The zero-order valence-electron chi connectivity index (χ0n) is 14.8. The molecule has 0 saturated heterocycles. The van der Waals surface area contributed by atoms with Gasteiger partial charge >= 0.3 is 0 Å². The molecule has 0 unspecified atom stereocenters. The number of amides is 1. The van der Waals surface area contributed by atoms with E-state index >= 15 is 0 Å². The van der Waals surface area contributed by atoms with Crippen molar-refractivity contribution < 1.29 is 14.3 Å². The maximum absolute atomic E-state index is 12.7. The fourth-order valence-electron chi connectivity index (χ4n) is 3.13. The third-order valence-electron chi connectivity index (χ3n) is 4.62. The lowest BCUT2D eigenvalue weighted by molar-refractivity contribution is 0.102. The SMILES string of the molecule is O=C(Nc1cccc(-c2nnnn2C2CC2)c1)c1cc(Cl)c2c(c1)OCCO2. The Labute approximate surface area is 165 Å². The summed E-state index contributed by atoms with van der Waals surface area (Å²) in [6, 6.07) is 11.0. The van der Waals surface area contributed by atoms with Crippen molar-refractivity contribution in [3.05, 3.63) is 47.0 Å². The van der Waals surface area contributed by atoms with Crippen LogP contribution in [0.3, 0.4) is 0 Å². The Hall–Kier alpha value is -3.13. The van der Waals surface area contributed by atoms with E-state index in [2.05, 4.69) is 20.8 Å². The molecule has 0 atom stereocenters. The number of halogens is 1. The van der Waals surface area contributed by atoms with Crippen LogP contribution in [0.2, 0.25) is 5.02 Å². The number of benzene rings is 2. The molecule has 142 valence electrons. The number of carbonyl (C=O) groups excluding carboxylic acids is 1. The molecule has 1 fully saturated rings. The van der Waals surface area contributed by atoms with Crippen molar-refractivity contribution >= 4 is 23.2 Å². The average molecular weight is 398 g/mol. The Kier molecular flexibility index (Phi) is 4.12. The minimum Gasteiger partial charge on any atom is -0.486 e. The lowest BCUT2D eigenvalue weighted by atomic mass is 10.1. The summed E-state index contributed by atoms with van der Waals surface area (Å²) in [4.78, 5) is 12.7. The van der Waals surface area contributed by atoms with Gasteiger partial charge in [0.05, 0.1) is 11.1 Å². The Morgan fingerprint density at radius 1 is 1.18 bits per heavy atom. The lowest BCUT2D eigenvalue weighted by Crippen LogP contribution is -2.17. The van der Waals surface area contributed by atoms with E-state index < -0.39 is 0 Å². The number of hydrogen-bond donors (Lipinski definition) is 1. The van der Waals surface area contributed by atoms with E-state index in [0.717, 1.165) is 18.4 Å². The zero-order valence-corrected chi connectivity index (χ0v) is 15.5. The van der Waals surface area contributed by atoms with Crippen LogP contribution in [0.1, 0.15) is 29.2 Å². The fourth-order valence-corrected chi connectivity index (χ4v) is 3.40. The van der Waals surface area contributed by atoms with Crippen molar-refractivity contribution in [3.63, 3.8) is 0 Å². The largest absolute Gasteiger partial charge is 0.486 e. The van der Waals surface area contributed by atoms with E-state index in [0.29, 0.717) is 52.9 Å². The fraction of sp³-hybridized carbons (Fsp3) is 0.263. The van der Waals surface area contributed by atoms with Gasteiger partial charge in [-0.2, -0.15) is 0 Å². The van der Waals surface area contributed by atoms with Gasteiger partial charge in [-0.15, -0.1) is 5.10 Å². The minimum absolute atomic E-state index is 0.294. The Balaban J connectivity index is 1.40. The van der Waals surface area contributed by atoms with Crippen LogP contribution in [-0.2, 0) is 0 Å². The van der Waals surface area contributed by atoms with Crippen LogP contribution < -0.4 is 14.8 Å². The standard InChI is InChI=1S/C19H16ClN5O3/c20-15-9-12(10-16-17(15)28-7-6-27-16)19(26)21-13-3-1-2-11(8-13)18-22-23-24-25(18)14-4-5-14/h1-3,8-10,14H,4-7H2,(H,21,26). The topological polar surface area (TPSA) is 91.2 Å². The summed E-state index contributed by atoms with van der Waals surface area (Å²) in [5.74, 6) is 1.35. The predicted octanol–water partition coefficient (Wildman–Crippen LogP) is 3.35. The number of rotatable bonds is 4. The summed E-state index contributed by atoms with van der Waals surface area (Å²) < 4.78 is 12.9. The highest BCUT2D eigenvalue weighted by molar-refractivity contribution is 6.32. The molecule has 5 rings (SSSR count). The van der Waals surface area contributed by atoms with Crippen LogP contribution in [0, 0.1) is 0 Å². The molecule has 28 heavy (non-hydrogen) atoms. The molecule has 2 aromatic carbocycles. The summed E-state index contributed by atoms with van der Waals surface area (Å²) in [6.07, 6.45) is 2.17. The van der Waals surface area contributed by atoms with Gasteiger partial charge in [0.15, 0.2) is 17.3 Å². The molecule has 8 nitrogen and oxygen atoms in total. The highest BCUT2D eigenvalue weighted by atomic mass is 35.5. The molecular formula is C19H16ClN5O3. The molecule has 1 N–H and O–H groups in total. The second-order valence-corrected chi connectivity index (χ2v) is 7.10. The highest BCUT2D eigenvalue weighted by Gasteiger charge is 2.28. The van der Waals surface area contributed by atoms with E-state index in [1.165, 1.54) is 0 Å². The molecule has 0 spiro atoms. The molecule has 1 aliphatic heterocycles. The normalized spacial score (nSPS) is 15.3. The highest BCUT2D eigenvalue weighted by Crippen LogP contribution is 2.39. The minimum atomic E-state index is -0.294. The number of aromatic nitrogens is 4. The second-order valence-electron chi connectivity index (χ2n) is 6.70. The van der Waals surface area contributed by atoms with Gasteiger partial charge in [-0.05, 0) is 47.5 Å². The third kappa shape index (κ3) is 3.16. The van der Waals surface area contributed by atoms with Gasteiger partial charge in [0.2, 0.25) is 0 Å². The third-order valence-corrected chi connectivity index (χ3v) is 4.90. The number of hydrogen-bond acceptors (Lipinski definition) is 6. The predicted molar refractivity (Wildman–Crippen MR) is 102 cm³/mol. The molecule has 2 heterocycles. The zero-order chi connectivity index (χ0) is 19.1. The molecule has 2 aliphatic rings. The molecule has 9 heteroatoms. The molecule has 3 aromatic rings. The van der Waals surface area contributed by atoms with Crippen molar-refractivity contribution in [2.24, 2.45) is 0 Å². The number of anilines is 1. The first-order chi connectivity index (χ1) is 13.7. The van der Waals surface area contributed by atoms with E-state index in [4.69, 9.17) is 21.1 Å². The monoisotopic (exact) mass is 397 g/mol. The number of carbonyl (C=O) groups is 1. The quantitative estimate of drug-likeness (QED) is 0.725. The van der Waals surface area contributed by atoms with Crippen LogP contribution >= 0.6 is 11.6 Å². The number of nitrogens with one attached hydrogen (secondary N) is 1. The van der Waals surface area contributed by atoms with Crippen molar-refractivity contribution in [3.8, 4) is 22.9 Å². The van der Waals surface area contributed by atoms with Crippen molar-refractivity contribution in [2.45, 2.75) is 18.9 Å². The number of ether oxygens (including phenoxy) is 2. The van der Waals surface area contributed by atoms with Gasteiger partial charge in [-0.3, -0.25) is 4.79 Å². The van der Waals surface area contributed by atoms with Gasteiger partial charge < -0.3 is 14.8 Å². The molecule has 1 aliphatic carbocycles. The molecule has 0 bridgehead atoms. The molecule has 1 saturated carbocycles. The summed E-state index contributed by atoms with van der Waals surface area (Å²) in [6.45, 7) is 0.859. The number of tetrazole rings is 1. The summed E-state index contributed by atoms with van der Waals surface area (Å²) in [5.41, 5.74) is 1.87. The Bertz CT molecular complexity index is 1060. The molecule has 0 radical (unpaired) electrons. The van der Waals surface area contributed by atoms with Crippen LogP contribution in [0.4, 0.5) is 5.69 Å². The maximum atomic E-state index is 12.7. The van der Waals surface area contributed by atoms with E-state index in [1.54, 1.807) is 12.1 Å². The smallest absolute Gasteiger partial charge is 0.255 e. The second kappa shape index (κ2) is 6.79. The van der Waals surface area contributed by atoms with Gasteiger partial charge in [0, 0.05) is 16.8 Å². The summed E-state index contributed by atoms with van der Waals surface area (Å²) in [5, 5.41) is 15.2. The first kappa shape index (κ1) is 17.0. The first-order valence-corrected chi connectivity index (χ1v) is 9.35. The number of nitrogens with zero attached hydrogens (tertiary/aromatic N) is 4. The van der Waals surface area contributed by atoms with E-state index in [-0.39, 0.29) is 5.91 Å².